The molecule has 35 heavy (non-hydrogen) atoms. The van der Waals surface area contributed by atoms with Crippen LogP contribution in [0.1, 0.15) is 55.3 Å². The van der Waals surface area contributed by atoms with E-state index >= 15 is 0 Å². The van der Waals surface area contributed by atoms with Crippen LogP contribution in [0.3, 0.4) is 0 Å². The van der Waals surface area contributed by atoms with Crippen molar-refractivity contribution < 1.29 is 14.7 Å². The van der Waals surface area contributed by atoms with Crippen molar-refractivity contribution in [3.63, 3.8) is 0 Å². The minimum atomic E-state index is -0.253. The second-order valence-electron chi connectivity index (χ2n) is 10.1. The van der Waals surface area contributed by atoms with E-state index in [0.29, 0.717) is 22.7 Å². The molecule has 3 aliphatic rings. The summed E-state index contributed by atoms with van der Waals surface area (Å²) in [6.45, 7) is 2.39. The van der Waals surface area contributed by atoms with Crippen LogP contribution in [0.15, 0.2) is 36.4 Å². The maximum absolute atomic E-state index is 13.4. The van der Waals surface area contributed by atoms with Gasteiger partial charge in [0.25, 0.3) is 5.91 Å². The number of hydrogen-bond acceptors (Lipinski definition) is 5. The Morgan fingerprint density at radius 2 is 1.80 bits per heavy atom. The third-order valence-corrected chi connectivity index (χ3v) is 8.48. The molecule has 0 bridgehead atoms. The van der Waals surface area contributed by atoms with Gasteiger partial charge in [0.2, 0.25) is 5.91 Å². The van der Waals surface area contributed by atoms with Crippen molar-refractivity contribution in [3.8, 4) is 11.1 Å². The summed E-state index contributed by atoms with van der Waals surface area (Å²) in [4.78, 5) is 34.4. The molecule has 186 valence electrons. The van der Waals surface area contributed by atoms with Gasteiger partial charge in [0.1, 0.15) is 11.0 Å². The average molecular weight is 497 g/mol. The summed E-state index contributed by atoms with van der Waals surface area (Å²) in [5, 5.41) is 12.9. The maximum Gasteiger partial charge on any atom is 0.251 e. The molecule has 7 nitrogen and oxygen atoms in total. The van der Waals surface area contributed by atoms with Gasteiger partial charge in [-0.2, -0.15) is 0 Å². The standard InChI is InChI=1S/C27H33ClN4O3/c1-29-25(34)19-4-2-3-18(17-19)22-9-10-23(30-24(22)28)31-14-11-27(12-15-31)13-16-32(26(27)35)20-5-7-21(33)8-6-20/h2-4,9-10,17,20-21,33H,5-8,11-16H2,1H3,(H,29,34). The number of aliphatic hydroxyl groups excluding tert-OH is 1. The van der Waals surface area contributed by atoms with Gasteiger partial charge in [0, 0.05) is 43.9 Å². The normalized spacial score (nSPS) is 24.1. The number of carbonyl (C=O) groups excluding carboxylic acids is 2. The number of amides is 2. The fourth-order valence-corrected chi connectivity index (χ4v) is 6.24. The Bertz CT molecular complexity index is 1110. The average Bonchev–Trinajstić information content (AvgIpc) is 3.19. The Morgan fingerprint density at radius 3 is 2.49 bits per heavy atom. The van der Waals surface area contributed by atoms with Gasteiger partial charge in [-0.1, -0.05) is 23.7 Å². The van der Waals surface area contributed by atoms with Crippen LogP contribution in [-0.2, 0) is 4.79 Å². The quantitative estimate of drug-likeness (QED) is 0.627. The first-order chi connectivity index (χ1) is 16.9. The van der Waals surface area contributed by atoms with E-state index in [-0.39, 0.29) is 17.4 Å². The van der Waals surface area contributed by atoms with Crippen molar-refractivity contribution in [2.45, 2.75) is 57.1 Å². The predicted octanol–water partition coefficient (Wildman–Crippen LogP) is 3.88. The predicted molar refractivity (Wildman–Crippen MR) is 137 cm³/mol. The van der Waals surface area contributed by atoms with Crippen molar-refractivity contribution in [3.05, 3.63) is 47.1 Å². The summed E-state index contributed by atoms with van der Waals surface area (Å²) in [6.07, 6.45) is 5.80. The number of rotatable bonds is 4. The summed E-state index contributed by atoms with van der Waals surface area (Å²) in [5.74, 6) is 0.992. The van der Waals surface area contributed by atoms with Gasteiger partial charge >= 0.3 is 0 Å². The molecular weight excluding hydrogens is 464 g/mol. The van der Waals surface area contributed by atoms with Crippen LogP contribution in [0.25, 0.3) is 11.1 Å². The molecule has 0 radical (unpaired) electrons. The van der Waals surface area contributed by atoms with Crippen LogP contribution in [-0.4, -0.2) is 65.6 Å². The number of nitrogens with one attached hydrogen (secondary N) is 1. The Kier molecular flexibility index (Phi) is 6.73. The van der Waals surface area contributed by atoms with E-state index in [1.165, 1.54) is 0 Å². The molecule has 1 aromatic heterocycles. The van der Waals surface area contributed by atoms with Crippen molar-refractivity contribution in [1.29, 1.82) is 0 Å². The SMILES string of the molecule is CNC(=O)c1cccc(-c2ccc(N3CCC4(CC3)CCN(C3CCC(O)CC3)C4=O)nc2Cl)c1. The summed E-state index contributed by atoms with van der Waals surface area (Å²) in [7, 11) is 1.61. The second-order valence-corrected chi connectivity index (χ2v) is 10.5. The summed E-state index contributed by atoms with van der Waals surface area (Å²) in [5.41, 5.74) is 1.95. The lowest BCUT2D eigenvalue weighted by molar-refractivity contribution is -0.139. The number of aromatic nitrogens is 1. The Morgan fingerprint density at radius 1 is 1.09 bits per heavy atom. The van der Waals surface area contributed by atoms with Gasteiger partial charge < -0.3 is 20.2 Å². The van der Waals surface area contributed by atoms with Crippen LogP contribution in [0.2, 0.25) is 5.15 Å². The Balaban J connectivity index is 1.25. The third kappa shape index (κ3) is 4.64. The highest BCUT2D eigenvalue weighted by atomic mass is 35.5. The third-order valence-electron chi connectivity index (χ3n) is 8.19. The van der Waals surface area contributed by atoms with Crippen molar-refractivity contribution in [1.82, 2.24) is 15.2 Å². The van der Waals surface area contributed by atoms with Gasteiger partial charge in [-0.05, 0) is 74.8 Å². The number of halogens is 1. The van der Waals surface area contributed by atoms with E-state index in [9.17, 15) is 14.7 Å². The molecule has 2 saturated heterocycles. The summed E-state index contributed by atoms with van der Waals surface area (Å²) < 4.78 is 0. The minimum Gasteiger partial charge on any atom is -0.393 e. The largest absolute Gasteiger partial charge is 0.393 e. The number of nitrogens with zero attached hydrogens (tertiary/aromatic N) is 3. The first kappa shape index (κ1) is 24.1. The monoisotopic (exact) mass is 496 g/mol. The first-order valence-electron chi connectivity index (χ1n) is 12.6. The number of pyridine rings is 1. The molecule has 1 aromatic carbocycles. The van der Waals surface area contributed by atoms with Gasteiger partial charge in [-0.25, -0.2) is 4.98 Å². The highest BCUT2D eigenvalue weighted by molar-refractivity contribution is 6.32. The summed E-state index contributed by atoms with van der Waals surface area (Å²) in [6, 6.07) is 11.6. The molecule has 8 heteroatoms. The Hall–Kier alpha value is -2.64. The second kappa shape index (κ2) is 9.78. The molecule has 0 atom stereocenters. The van der Waals surface area contributed by atoms with Gasteiger partial charge in [0.05, 0.1) is 11.5 Å². The van der Waals surface area contributed by atoms with Crippen molar-refractivity contribution >= 4 is 29.2 Å². The molecule has 1 saturated carbocycles. The van der Waals surface area contributed by atoms with Gasteiger partial charge in [-0.3, -0.25) is 9.59 Å². The van der Waals surface area contributed by atoms with Crippen LogP contribution in [0.5, 0.6) is 0 Å². The lowest BCUT2D eigenvalue weighted by Gasteiger charge is -2.40. The zero-order chi connectivity index (χ0) is 24.6. The van der Waals surface area contributed by atoms with E-state index in [0.717, 1.165) is 81.5 Å². The molecule has 1 spiro atoms. The molecule has 2 amide bonds. The molecule has 3 fully saturated rings. The number of piperidine rings is 1. The van der Waals surface area contributed by atoms with Crippen molar-refractivity contribution in [2.75, 3.05) is 31.6 Å². The summed E-state index contributed by atoms with van der Waals surface area (Å²) >= 11 is 6.59. The van der Waals surface area contributed by atoms with Crippen LogP contribution in [0.4, 0.5) is 5.82 Å². The number of benzene rings is 1. The van der Waals surface area contributed by atoms with E-state index in [4.69, 9.17) is 11.6 Å². The number of anilines is 1. The fraction of sp³-hybridized carbons (Fsp3) is 0.519. The van der Waals surface area contributed by atoms with Gasteiger partial charge in [-0.15, -0.1) is 0 Å². The van der Waals surface area contributed by atoms with E-state index in [1.807, 2.05) is 30.3 Å². The fourth-order valence-electron chi connectivity index (χ4n) is 5.98. The van der Waals surface area contributed by atoms with Gasteiger partial charge in [0.15, 0.2) is 0 Å². The van der Waals surface area contributed by atoms with E-state index < -0.39 is 0 Å². The van der Waals surface area contributed by atoms with Crippen LogP contribution >= 0.6 is 11.6 Å². The molecule has 1 aliphatic carbocycles. The molecule has 2 aliphatic heterocycles. The van der Waals surface area contributed by atoms with E-state index in [2.05, 4.69) is 20.1 Å². The van der Waals surface area contributed by atoms with E-state index in [1.54, 1.807) is 13.1 Å². The molecule has 2 aromatic rings. The van der Waals surface area contributed by atoms with Crippen molar-refractivity contribution in [2.24, 2.45) is 5.41 Å². The first-order valence-corrected chi connectivity index (χ1v) is 13.0. The molecule has 5 rings (SSSR count). The van der Waals surface area contributed by atoms with Crippen LogP contribution in [0, 0.1) is 5.41 Å². The Labute approximate surface area is 211 Å². The number of hydrogen-bond donors (Lipinski definition) is 2. The number of likely N-dealkylation sites (tertiary alicyclic amines) is 1. The molecule has 3 heterocycles. The zero-order valence-corrected chi connectivity index (χ0v) is 20.9. The molecule has 2 N–H and O–H groups in total. The number of aliphatic hydroxyl groups is 1. The zero-order valence-electron chi connectivity index (χ0n) is 20.2. The smallest absolute Gasteiger partial charge is 0.251 e. The highest BCUT2D eigenvalue weighted by Gasteiger charge is 2.50. The minimum absolute atomic E-state index is 0.143. The lowest BCUT2D eigenvalue weighted by atomic mass is 9.77. The maximum atomic E-state index is 13.4. The van der Waals surface area contributed by atoms with Crippen LogP contribution < -0.4 is 10.2 Å². The molecular formula is C27H33ClN4O3. The topological polar surface area (TPSA) is 85.8 Å². The lowest BCUT2D eigenvalue weighted by Crippen LogP contribution is -2.47. The highest BCUT2D eigenvalue weighted by Crippen LogP contribution is 2.44. The molecule has 0 unspecified atom stereocenters. The number of carbonyl (C=O) groups is 2.